The van der Waals surface area contributed by atoms with E-state index in [-0.39, 0.29) is 23.0 Å². The average molecular weight is 501 g/mol. The first-order valence-corrected chi connectivity index (χ1v) is 12.2. The van der Waals surface area contributed by atoms with Crippen LogP contribution in [-0.4, -0.2) is 39.5 Å². The number of anilines is 1. The van der Waals surface area contributed by atoms with E-state index < -0.39 is 5.97 Å². The number of carbonyl (C=O) groups excluding carboxylic acids is 2. The second-order valence-electron chi connectivity index (χ2n) is 7.13. The number of furan rings is 1. The van der Waals surface area contributed by atoms with Crippen molar-refractivity contribution in [3.05, 3.63) is 59.1 Å². The monoisotopic (exact) mass is 500 g/mol. The molecule has 0 saturated carbocycles. The van der Waals surface area contributed by atoms with Crippen LogP contribution in [0.4, 0.5) is 9.39 Å². The smallest absolute Gasteiger partial charge is 0.341 e. The molecule has 4 rings (SSSR count). The van der Waals surface area contributed by atoms with Gasteiger partial charge in [-0.2, -0.15) is 0 Å². The minimum absolute atomic E-state index is 0.0624. The lowest BCUT2D eigenvalue weighted by molar-refractivity contribution is -0.113. The Bertz CT molecular complexity index is 1330. The van der Waals surface area contributed by atoms with Crippen LogP contribution in [-0.2, 0) is 16.1 Å². The second-order valence-corrected chi connectivity index (χ2v) is 8.95. The van der Waals surface area contributed by atoms with Crippen molar-refractivity contribution in [3.8, 4) is 22.5 Å². The van der Waals surface area contributed by atoms with E-state index in [0.717, 1.165) is 11.3 Å². The Hall–Kier alpha value is -3.44. The molecule has 34 heavy (non-hydrogen) atoms. The molecule has 3 heterocycles. The Kier molecular flexibility index (Phi) is 7.13. The van der Waals surface area contributed by atoms with E-state index in [0.29, 0.717) is 33.7 Å². The number of hydrogen-bond acceptors (Lipinski definition) is 8. The number of benzene rings is 1. The van der Waals surface area contributed by atoms with Gasteiger partial charge in [0, 0.05) is 17.5 Å². The van der Waals surface area contributed by atoms with Gasteiger partial charge in [0.25, 0.3) is 0 Å². The standard InChI is InChI=1S/C23H21FN4O4S2/c1-4-28-20(16-9-10-32-13(16)2)26-27-23(28)34-12-18(29)25-21-19(22(30)31-3)17(11-33-21)14-5-7-15(24)8-6-14/h5-11H,4,12H2,1-3H3,(H,25,29). The number of thiophene rings is 1. The van der Waals surface area contributed by atoms with Gasteiger partial charge >= 0.3 is 5.97 Å². The van der Waals surface area contributed by atoms with Crippen LogP contribution < -0.4 is 5.32 Å². The maximum absolute atomic E-state index is 13.3. The van der Waals surface area contributed by atoms with Crippen molar-refractivity contribution in [2.75, 3.05) is 18.2 Å². The van der Waals surface area contributed by atoms with Crippen LogP contribution in [0.5, 0.6) is 0 Å². The number of aryl methyl sites for hydroxylation is 1. The summed E-state index contributed by atoms with van der Waals surface area (Å²) in [5, 5.41) is 14.0. The number of nitrogens with one attached hydrogen (secondary N) is 1. The van der Waals surface area contributed by atoms with E-state index in [1.165, 1.54) is 42.3 Å². The molecule has 0 aliphatic rings. The van der Waals surface area contributed by atoms with E-state index in [1.54, 1.807) is 23.8 Å². The van der Waals surface area contributed by atoms with Gasteiger partial charge in [-0.25, -0.2) is 9.18 Å². The molecule has 0 aliphatic heterocycles. The van der Waals surface area contributed by atoms with E-state index in [1.807, 2.05) is 24.5 Å². The molecule has 1 aromatic carbocycles. The highest BCUT2D eigenvalue weighted by Crippen LogP contribution is 2.36. The van der Waals surface area contributed by atoms with Gasteiger partial charge in [-0.1, -0.05) is 23.9 Å². The fraction of sp³-hybridized carbons (Fsp3) is 0.217. The fourth-order valence-corrected chi connectivity index (χ4v) is 5.16. The minimum Gasteiger partial charge on any atom is -0.469 e. The predicted octanol–water partition coefficient (Wildman–Crippen LogP) is 5.25. The van der Waals surface area contributed by atoms with E-state index >= 15 is 0 Å². The molecular weight excluding hydrogens is 479 g/mol. The highest BCUT2D eigenvalue weighted by Gasteiger charge is 2.23. The average Bonchev–Trinajstić information content (AvgIpc) is 3.55. The van der Waals surface area contributed by atoms with Crippen LogP contribution >= 0.6 is 23.1 Å². The number of nitrogens with zero attached hydrogens (tertiary/aromatic N) is 3. The van der Waals surface area contributed by atoms with Crippen molar-refractivity contribution in [3.63, 3.8) is 0 Å². The van der Waals surface area contributed by atoms with Crippen LogP contribution in [0, 0.1) is 12.7 Å². The largest absolute Gasteiger partial charge is 0.469 e. The van der Waals surface area contributed by atoms with Gasteiger partial charge < -0.3 is 19.0 Å². The number of amides is 1. The summed E-state index contributed by atoms with van der Waals surface area (Å²) < 4.78 is 25.5. The van der Waals surface area contributed by atoms with Crippen LogP contribution in [0.3, 0.4) is 0 Å². The molecule has 0 aliphatic carbocycles. The Morgan fingerprint density at radius 1 is 1.21 bits per heavy atom. The third-order valence-corrected chi connectivity index (χ3v) is 6.92. The van der Waals surface area contributed by atoms with Crippen LogP contribution in [0.15, 0.2) is 51.5 Å². The summed E-state index contributed by atoms with van der Waals surface area (Å²) in [5.74, 6) is 0.194. The number of methoxy groups -OCH3 is 1. The Labute approximate surface area is 203 Å². The molecule has 1 amide bonds. The Morgan fingerprint density at radius 3 is 2.62 bits per heavy atom. The van der Waals surface area contributed by atoms with Gasteiger partial charge in [0.15, 0.2) is 11.0 Å². The lowest BCUT2D eigenvalue weighted by atomic mass is 10.0. The van der Waals surface area contributed by atoms with Crippen molar-refractivity contribution in [2.24, 2.45) is 0 Å². The number of carbonyl (C=O) groups is 2. The van der Waals surface area contributed by atoms with Crippen molar-refractivity contribution in [1.82, 2.24) is 14.8 Å². The zero-order valence-corrected chi connectivity index (χ0v) is 20.3. The summed E-state index contributed by atoms with van der Waals surface area (Å²) in [7, 11) is 1.27. The molecule has 0 atom stereocenters. The molecule has 1 N–H and O–H groups in total. The number of thioether (sulfide) groups is 1. The zero-order chi connectivity index (χ0) is 24.2. The van der Waals surface area contributed by atoms with E-state index in [2.05, 4.69) is 15.5 Å². The quantitative estimate of drug-likeness (QED) is 0.260. The van der Waals surface area contributed by atoms with Crippen molar-refractivity contribution >= 4 is 40.0 Å². The first-order valence-electron chi connectivity index (χ1n) is 10.3. The fourth-order valence-electron chi connectivity index (χ4n) is 3.39. The normalized spacial score (nSPS) is 10.9. The molecule has 11 heteroatoms. The Morgan fingerprint density at radius 2 is 1.97 bits per heavy atom. The van der Waals surface area contributed by atoms with Crippen LogP contribution in [0.25, 0.3) is 22.5 Å². The molecule has 0 unspecified atom stereocenters. The molecule has 8 nitrogen and oxygen atoms in total. The third kappa shape index (κ3) is 4.75. The summed E-state index contributed by atoms with van der Waals surface area (Å²) in [6, 6.07) is 7.60. The van der Waals surface area contributed by atoms with E-state index in [4.69, 9.17) is 9.15 Å². The second kappa shape index (κ2) is 10.2. The first-order chi connectivity index (χ1) is 16.4. The van der Waals surface area contributed by atoms with Gasteiger partial charge in [0.2, 0.25) is 5.91 Å². The molecule has 0 bridgehead atoms. The maximum Gasteiger partial charge on any atom is 0.341 e. The number of hydrogen-bond donors (Lipinski definition) is 1. The van der Waals surface area contributed by atoms with Crippen LogP contribution in [0.2, 0.25) is 0 Å². The summed E-state index contributed by atoms with van der Waals surface area (Å²) in [5.41, 5.74) is 2.28. The van der Waals surface area contributed by atoms with Crippen molar-refractivity contribution in [1.29, 1.82) is 0 Å². The highest BCUT2D eigenvalue weighted by atomic mass is 32.2. The van der Waals surface area contributed by atoms with Crippen LogP contribution in [0.1, 0.15) is 23.0 Å². The predicted molar refractivity (Wildman–Crippen MR) is 129 cm³/mol. The van der Waals surface area contributed by atoms with Gasteiger partial charge in [0.1, 0.15) is 22.1 Å². The molecule has 0 radical (unpaired) electrons. The number of aromatic nitrogens is 3. The molecular formula is C23H21FN4O4S2. The number of ether oxygens (including phenoxy) is 1. The van der Waals surface area contributed by atoms with Gasteiger partial charge in [-0.15, -0.1) is 21.5 Å². The summed E-state index contributed by atoms with van der Waals surface area (Å²) in [6.07, 6.45) is 1.60. The van der Waals surface area contributed by atoms with E-state index in [9.17, 15) is 14.0 Å². The lowest BCUT2D eigenvalue weighted by Gasteiger charge is -2.09. The third-order valence-electron chi connectivity index (χ3n) is 5.05. The SMILES string of the molecule is CCn1c(SCC(=O)Nc2scc(-c3ccc(F)cc3)c2C(=O)OC)nnc1-c1ccoc1C. The van der Waals surface area contributed by atoms with Gasteiger partial charge in [-0.05, 0) is 37.6 Å². The number of halogens is 1. The number of esters is 1. The maximum atomic E-state index is 13.3. The first kappa shape index (κ1) is 23.7. The molecule has 0 saturated heterocycles. The lowest BCUT2D eigenvalue weighted by Crippen LogP contribution is -2.16. The van der Waals surface area contributed by atoms with Gasteiger partial charge in [0.05, 0.1) is 24.7 Å². The summed E-state index contributed by atoms with van der Waals surface area (Å²) in [6.45, 7) is 4.44. The van der Waals surface area contributed by atoms with Crippen molar-refractivity contribution < 1.29 is 23.1 Å². The molecule has 4 aromatic rings. The topological polar surface area (TPSA) is 99.2 Å². The zero-order valence-electron chi connectivity index (χ0n) is 18.6. The highest BCUT2D eigenvalue weighted by molar-refractivity contribution is 7.99. The Balaban J connectivity index is 1.51. The molecule has 3 aromatic heterocycles. The van der Waals surface area contributed by atoms with Gasteiger partial charge in [-0.3, -0.25) is 4.79 Å². The minimum atomic E-state index is -0.589. The van der Waals surface area contributed by atoms with Crippen molar-refractivity contribution in [2.45, 2.75) is 25.5 Å². The summed E-state index contributed by atoms with van der Waals surface area (Å²) >= 11 is 2.44. The molecule has 176 valence electrons. The number of rotatable bonds is 8. The summed E-state index contributed by atoms with van der Waals surface area (Å²) in [4.78, 5) is 25.2. The molecule has 0 spiro atoms. The molecule has 0 fully saturated rings.